The molecule has 1 heterocycles. The number of carboxylic acids is 1. The molecule has 0 aliphatic rings. The molecule has 0 aliphatic heterocycles. The van der Waals surface area contributed by atoms with Crippen LogP contribution in [-0.4, -0.2) is 67.3 Å². The number of aliphatic hydroxyl groups excluding tert-OH is 1. The van der Waals surface area contributed by atoms with Crippen molar-refractivity contribution in [1.29, 1.82) is 0 Å². The number of H-pyrrole nitrogens is 1. The van der Waals surface area contributed by atoms with Gasteiger partial charge in [0.25, 0.3) is 0 Å². The SMILES string of the molecule is COCC(O)CN(C)S(=O)(=O)c1c[nH]c(C(=O)O)c1. The molecule has 1 unspecified atom stereocenters. The number of carboxylic acid groups (broad SMARTS) is 1. The number of carbonyl (C=O) groups is 1. The molecule has 19 heavy (non-hydrogen) atoms. The molecule has 8 nitrogen and oxygen atoms in total. The third-order valence-electron chi connectivity index (χ3n) is 2.42. The van der Waals surface area contributed by atoms with Crippen LogP contribution in [0.15, 0.2) is 17.2 Å². The van der Waals surface area contributed by atoms with Crippen LogP contribution in [0, 0.1) is 0 Å². The Bertz CT molecular complexity index is 538. The standard InChI is InChI=1S/C10H16N2O6S/c1-12(5-7(13)6-18-2)19(16,17)8-3-9(10(14)15)11-4-8/h3-4,7,11,13H,5-6H2,1-2H3,(H,14,15). The largest absolute Gasteiger partial charge is 0.477 e. The topological polar surface area (TPSA) is 120 Å². The number of likely N-dealkylation sites (N-methyl/N-ethyl adjacent to an activating group) is 1. The Hall–Kier alpha value is -1.42. The second-order valence-electron chi connectivity index (χ2n) is 3.95. The number of aliphatic hydroxyl groups is 1. The van der Waals surface area contributed by atoms with E-state index < -0.39 is 22.1 Å². The summed E-state index contributed by atoms with van der Waals surface area (Å²) in [5, 5.41) is 18.2. The monoisotopic (exact) mass is 292 g/mol. The molecule has 1 rings (SSSR count). The van der Waals surface area contributed by atoms with Crippen molar-refractivity contribution in [2.45, 2.75) is 11.0 Å². The van der Waals surface area contributed by atoms with Crippen LogP contribution in [0.5, 0.6) is 0 Å². The molecule has 0 saturated heterocycles. The second-order valence-corrected chi connectivity index (χ2v) is 5.99. The first-order chi connectivity index (χ1) is 8.78. The van der Waals surface area contributed by atoms with Gasteiger partial charge < -0.3 is 19.9 Å². The predicted molar refractivity (Wildman–Crippen MR) is 65.5 cm³/mol. The summed E-state index contributed by atoms with van der Waals surface area (Å²) >= 11 is 0. The second kappa shape index (κ2) is 6.15. The van der Waals surface area contributed by atoms with Crippen molar-refractivity contribution < 1.29 is 28.2 Å². The molecule has 9 heteroatoms. The molecular weight excluding hydrogens is 276 g/mol. The van der Waals surface area contributed by atoms with Crippen LogP contribution < -0.4 is 0 Å². The normalized spacial score (nSPS) is 13.7. The van der Waals surface area contributed by atoms with Crippen molar-refractivity contribution in [1.82, 2.24) is 9.29 Å². The Kier molecular flexibility index (Phi) is 5.06. The molecule has 1 aromatic rings. The van der Waals surface area contributed by atoms with Gasteiger partial charge in [-0.05, 0) is 6.07 Å². The lowest BCUT2D eigenvalue weighted by Crippen LogP contribution is -2.36. The fourth-order valence-corrected chi connectivity index (χ4v) is 2.67. The first-order valence-corrected chi connectivity index (χ1v) is 6.78. The molecule has 3 N–H and O–H groups in total. The number of sulfonamides is 1. The molecule has 0 amide bonds. The summed E-state index contributed by atoms with van der Waals surface area (Å²) in [4.78, 5) is 12.9. The van der Waals surface area contributed by atoms with Crippen LogP contribution in [-0.2, 0) is 14.8 Å². The maximum absolute atomic E-state index is 12.1. The smallest absolute Gasteiger partial charge is 0.352 e. The molecule has 108 valence electrons. The summed E-state index contributed by atoms with van der Waals surface area (Å²) in [5.41, 5.74) is -0.218. The maximum Gasteiger partial charge on any atom is 0.352 e. The predicted octanol–water partition coefficient (Wildman–Crippen LogP) is -0.659. The van der Waals surface area contributed by atoms with Crippen LogP contribution in [0.4, 0.5) is 0 Å². The van der Waals surface area contributed by atoms with Crippen LogP contribution in [0.25, 0.3) is 0 Å². The van der Waals surface area contributed by atoms with E-state index in [-0.39, 0.29) is 23.7 Å². The number of nitrogens with zero attached hydrogens (tertiary/aromatic N) is 1. The van der Waals surface area contributed by atoms with E-state index in [0.29, 0.717) is 0 Å². The van der Waals surface area contributed by atoms with E-state index in [2.05, 4.69) is 4.98 Å². The van der Waals surface area contributed by atoms with E-state index in [1.54, 1.807) is 0 Å². The average molecular weight is 292 g/mol. The fourth-order valence-electron chi connectivity index (χ4n) is 1.47. The summed E-state index contributed by atoms with van der Waals surface area (Å²) in [7, 11) is -1.16. The van der Waals surface area contributed by atoms with E-state index in [9.17, 15) is 18.3 Å². The molecule has 0 radical (unpaired) electrons. The van der Waals surface area contributed by atoms with E-state index in [0.717, 1.165) is 16.6 Å². The number of aromatic carboxylic acids is 1. The molecule has 0 fully saturated rings. The number of hydrogen-bond donors (Lipinski definition) is 3. The molecule has 0 aliphatic carbocycles. The Morgan fingerprint density at radius 3 is 2.68 bits per heavy atom. The van der Waals surface area contributed by atoms with Crippen molar-refractivity contribution in [3.8, 4) is 0 Å². The number of nitrogens with one attached hydrogen (secondary N) is 1. The van der Waals surface area contributed by atoms with E-state index in [4.69, 9.17) is 9.84 Å². The fraction of sp³-hybridized carbons (Fsp3) is 0.500. The quantitative estimate of drug-likeness (QED) is 0.613. The van der Waals surface area contributed by atoms with Gasteiger partial charge in [-0.3, -0.25) is 0 Å². The summed E-state index contributed by atoms with van der Waals surface area (Å²) in [6.45, 7) is -0.142. The van der Waals surface area contributed by atoms with Gasteiger partial charge in [-0.15, -0.1) is 0 Å². The molecular formula is C10H16N2O6S. The summed E-state index contributed by atoms with van der Waals surface area (Å²) in [6.07, 6.45) is 0.139. The highest BCUT2D eigenvalue weighted by Crippen LogP contribution is 2.15. The van der Waals surface area contributed by atoms with Crippen molar-refractivity contribution in [2.75, 3.05) is 27.3 Å². The lowest BCUT2D eigenvalue weighted by molar-refractivity contribution is 0.0554. The maximum atomic E-state index is 12.1. The van der Waals surface area contributed by atoms with Crippen LogP contribution >= 0.6 is 0 Å². The van der Waals surface area contributed by atoms with Gasteiger partial charge in [0.15, 0.2) is 0 Å². The molecule has 1 aromatic heterocycles. The lowest BCUT2D eigenvalue weighted by atomic mass is 10.4. The van der Waals surface area contributed by atoms with Crippen molar-refractivity contribution in [2.24, 2.45) is 0 Å². The zero-order valence-corrected chi connectivity index (χ0v) is 11.3. The van der Waals surface area contributed by atoms with Crippen LogP contribution in [0.1, 0.15) is 10.5 Å². The highest BCUT2D eigenvalue weighted by Gasteiger charge is 2.25. The first-order valence-electron chi connectivity index (χ1n) is 5.34. The van der Waals surface area contributed by atoms with Gasteiger partial charge in [0.05, 0.1) is 12.7 Å². The van der Waals surface area contributed by atoms with Crippen molar-refractivity contribution >= 4 is 16.0 Å². The van der Waals surface area contributed by atoms with Crippen molar-refractivity contribution in [3.05, 3.63) is 18.0 Å². The Balaban J connectivity index is 2.87. The number of aromatic nitrogens is 1. The number of aromatic amines is 1. The van der Waals surface area contributed by atoms with Gasteiger partial charge in [-0.1, -0.05) is 0 Å². The first kappa shape index (κ1) is 15.6. The minimum absolute atomic E-state index is 0.00731. The number of hydrogen-bond acceptors (Lipinski definition) is 5. The summed E-state index contributed by atoms with van der Waals surface area (Å²) in [5.74, 6) is -1.25. The summed E-state index contributed by atoms with van der Waals surface area (Å²) < 4.78 is 29.8. The van der Waals surface area contributed by atoms with Gasteiger partial charge >= 0.3 is 5.97 Å². The van der Waals surface area contributed by atoms with Gasteiger partial charge in [0.1, 0.15) is 10.6 Å². The number of methoxy groups -OCH3 is 1. The zero-order chi connectivity index (χ0) is 14.6. The molecule has 0 aromatic carbocycles. The van der Waals surface area contributed by atoms with Gasteiger partial charge in [-0.25, -0.2) is 13.2 Å². The Labute approximate surface area is 110 Å². The highest BCUT2D eigenvalue weighted by molar-refractivity contribution is 7.89. The van der Waals surface area contributed by atoms with E-state index >= 15 is 0 Å². The zero-order valence-electron chi connectivity index (χ0n) is 10.5. The lowest BCUT2D eigenvalue weighted by Gasteiger charge is -2.19. The molecule has 0 saturated carbocycles. The van der Waals surface area contributed by atoms with Gasteiger partial charge in [0, 0.05) is 26.9 Å². The Morgan fingerprint density at radius 1 is 1.58 bits per heavy atom. The minimum atomic E-state index is -3.84. The van der Waals surface area contributed by atoms with Crippen LogP contribution in [0.2, 0.25) is 0 Å². The number of ether oxygens (including phenoxy) is 1. The highest BCUT2D eigenvalue weighted by atomic mass is 32.2. The van der Waals surface area contributed by atoms with Crippen molar-refractivity contribution in [3.63, 3.8) is 0 Å². The Morgan fingerprint density at radius 2 is 2.21 bits per heavy atom. The summed E-state index contributed by atoms with van der Waals surface area (Å²) in [6, 6.07) is 1.02. The third-order valence-corrected chi connectivity index (χ3v) is 4.22. The van der Waals surface area contributed by atoms with Crippen LogP contribution in [0.3, 0.4) is 0 Å². The molecule has 0 bridgehead atoms. The van der Waals surface area contributed by atoms with Gasteiger partial charge in [-0.2, -0.15) is 4.31 Å². The minimum Gasteiger partial charge on any atom is -0.477 e. The van der Waals surface area contributed by atoms with E-state index in [1.165, 1.54) is 14.2 Å². The molecule has 1 atom stereocenters. The average Bonchev–Trinajstić information content (AvgIpc) is 2.78. The van der Waals surface area contributed by atoms with Gasteiger partial charge in [0.2, 0.25) is 10.0 Å². The van der Waals surface area contributed by atoms with E-state index in [1.807, 2.05) is 0 Å². The number of rotatable bonds is 7. The third kappa shape index (κ3) is 3.77. The molecule has 0 spiro atoms.